The molecule has 4 unspecified atom stereocenters. The van der Waals surface area contributed by atoms with Crippen LogP contribution < -0.4 is 16.4 Å². The van der Waals surface area contributed by atoms with Crippen molar-refractivity contribution in [1.82, 2.24) is 10.6 Å². The zero-order valence-electron chi connectivity index (χ0n) is 25.6. The predicted octanol–water partition coefficient (Wildman–Crippen LogP) is 3.11. The van der Waals surface area contributed by atoms with Crippen LogP contribution in [0.15, 0.2) is 72.9 Å². The molecule has 0 bridgehead atoms. The third-order valence-corrected chi connectivity index (χ3v) is 7.23. The van der Waals surface area contributed by atoms with E-state index in [1.165, 1.54) is 11.8 Å². The average molecular weight is 650 g/mol. The van der Waals surface area contributed by atoms with Crippen LogP contribution in [0.4, 0.5) is 0 Å². The Morgan fingerprint density at radius 2 is 1.49 bits per heavy atom. The molecule has 45 heavy (non-hydrogen) atoms. The number of nitrogens with one attached hydrogen (secondary N) is 2. The highest BCUT2D eigenvalue weighted by atomic mass is 32.2. The van der Waals surface area contributed by atoms with E-state index in [4.69, 9.17) is 21.1 Å². The van der Waals surface area contributed by atoms with Gasteiger partial charge in [0.2, 0.25) is 11.8 Å². The summed E-state index contributed by atoms with van der Waals surface area (Å²) in [5, 5.41) is 41.6. The van der Waals surface area contributed by atoms with Crippen LogP contribution in [0, 0.1) is 0 Å². The standard InChI is InChI=1S/C32H47N3O9S/c1-2-3-14-17-26(36)27(18-15-12-10-8-6-4-5-7-9-11-13-16-19-29(38)39)45-23-25(31(42)34-22-30(40)41)35-28(37)21-20-24(33)32(43)44/h3,5-8,10-15,18,24-27,36H,2,4,9,16-17,19-23,33H2,1H3,(H,34,42)(H,35,37)(H,38,39)(H,40,41)(H,43,44). The minimum Gasteiger partial charge on any atom is -0.481 e. The molecule has 0 fully saturated rings. The number of carbonyl (C=O) groups is 5. The van der Waals surface area contributed by atoms with Crippen molar-refractivity contribution >= 4 is 41.5 Å². The van der Waals surface area contributed by atoms with Crippen LogP contribution >= 0.6 is 11.8 Å². The van der Waals surface area contributed by atoms with Gasteiger partial charge in [-0.3, -0.25) is 24.0 Å². The fourth-order valence-electron chi connectivity index (χ4n) is 3.41. The number of aliphatic hydroxyl groups is 1. The SMILES string of the molecule is CCC=CCC(O)C(C=CC=CC=CCC=CCC=CCCC(=O)O)SCC(NC(=O)CCC(N)C(=O)O)C(=O)NCC(=O)O. The number of thioether (sulfide) groups is 1. The number of carboxylic acid groups (broad SMARTS) is 3. The molecule has 8 N–H and O–H groups in total. The first-order chi connectivity index (χ1) is 21.5. The van der Waals surface area contributed by atoms with E-state index >= 15 is 0 Å². The van der Waals surface area contributed by atoms with Gasteiger partial charge in [-0.1, -0.05) is 79.8 Å². The number of aliphatic carboxylic acids is 3. The van der Waals surface area contributed by atoms with Crippen molar-refractivity contribution < 1.29 is 44.4 Å². The van der Waals surface area contributed by atoms with Crippen molar-refractivity contribution in [2.24, 2.45) is 5.73 Å². The van der Waals surface area contributed by atoms with Gasteiger partial charge in [-0.2, -0.15) is 0 Å². The Morgan fingerprint density at radius 3 is 2.13 bits per heavy atom. The second-order valence-corrected chi connectivity index (χ2v) is 11.0. The molecule has 0 aliphatic heterocycles. The molecule has 0 radical (unpaired) electrons. The number of amides is 2. The molecule has 0 rings (SSSR count). The van der Waals surface area contributed by atoms with E-state index < -0.39 is 59.7 Å². The molecule has 4 atom stereocenters. The molecule has 0 aliphatic carbocycles. The van der Waals surface area contributed by atoms with Crippen LogP contribution in [-0.4, -0.2) is 85.9 Å². The van der Waals surface area contributed by atoms with Crippen molar-refractivity contribution in [2.75, 3.05) is 12.3 Å². The largest absolute Gasteiger partial charge is 0.481 e. The molecule has 0 aromatic carbocycles. The number of carbonyl (C=O) groups excluding carboxylic acids is 2. The molecule has 13 heteroatoms. The first kappa shape index (κ1) is 41.1. The minimum absolute atomic E-state index is 0.0104. The Bertz CT molecular complexity index is 1100. The van der Waals surface area contributed by atoms with Gasteiger partial charge in [0.25, 0.3) is 0 Å². The number of aliphatic hydroxyl groups excluding tert-OH is 1. The highest BCUT2D eigenvalue weighted by Crippen LogP contribution is 2.21. The van der Waals surface area contributed by atoms with Crippen molar-refractivity contribution in [3.05, 3.63) is 72.9 Å². The monoisotopic (exact) mass is 649 g/mol. The Balaban J connectivity index is 5.27. The van der Waals surface area contributed by atoms with E-state index in [0.717, 1.165) is 19.3 Å². The summed E-state index contributed by atoms with van der Waals surface area (Å²) in [6, 6.07) is -2.38. The fraction of sp³-hybridized carbons (Fsp3) is 0.469. The number of rotatable bonds is 25. The van der Waals surface area contributed by atoms with Gasteiger partial charge < -0.3 is 36.8 Å². The third-order valence-electron chi connectivity index (χ3n) is 5.85. The maximum atomic E-state index is 12.7. The molecule has 0 aliphatic rings. The Labute approximate surface area is 268 Å². The molecular formula is C32H47N3O9S. The summed E-state index contributed by atoms with van der Waals surface area (Å²) in [6.07, 6.45) is 24.6. The molecule has 0 saturated heterocycles. The lowest BCUT2D eigenvalue weighted by Gasteiger charge is -2.23. The number of allylic oxidation sites excluding steroid dienone is 10. The fourth-order valence-corrected chi connectivity index (χ4v) is 4.60. The van der Waals surface area contributed by atoms with Crippen LogP contribution in [0.3, 0.4) is 0 Å². The summed E-state index contributed by atoms with van der Waals surface area (Å²) < 4.78 is 0. The van der Waals surface area contributed by atoms with Gasteiger partial charge in [-0.15, -0.1) is 11.8 Å². The lowest BCUT2D eigenvalue weighted by Crippen LogP contribution is -2.50. The van der Waals surface area contributed by atoms with Gasteiger partial charge in [-0.25, -0.2) is 0 Å². The molecule has 0 saturated carbocycles. The first-order valence-corrected chi connectivity index (χ1v) is 15.8. The van der Waals surface area contributed by atoms with Crippen LogP contribution in [0.2, 0.25) is 0 Å². The number of hydrogen-bond acceptors (Lipinski definition) is 8. The van der Waals surface area contributed by atoms with Crippen LogP contribution in [-0.2, 0) is 24.0 Å². The number of carboxylic acids is 3. The quantitative estimate of drug-likeness (QED) is 0.0563. The molecule has 250 valence electrons. The second-order valence-electron chi connectivity index (χ2n) is 9.74. The maximum absolute atomic E-state index is 12.7. The normalized spacial score (nSPS) is 14.9. The highest BCUT2D eigenvalue weighted by molar-refractivity contribution is 8.00. The highest BCUT2D eigenvalue weighted by Gasteiger charge is 2.25. The number of nitrogens with two attached hydrogens (primary N) is 1. The van der Waals surface area contributed by atoms with E-state index in [1.54, 1.807) is 18.2 Å². The molecule has 2 amide bonds. The van der Waals surface area contributed by atoms with E-state index in [0.29, 0.717) is 12.8 Å². The Kier molecular flexibility index (Phi) is 24.1. The van der Waals surface area contributed by atoms with Crippen LogP contribution in [0.1, 0.15) is 58.3 Å². The molecule has 0 aromatic heterocycles. The Hall–Kier alpha value is -3.94. The lowest BCUT2D eigenvalue weighted by molar-refractivity contribution is -0.139. The minimum atomic E-state index is -1.26. The van der Waals surface area contributed by atoms with E-state index in [2.05, 4.69) is 10.6 Å². The van der Waals surface area contributed by atoms with Crippen molar-refractivity contribution in [3.8, 4) is 0 Å². The zero-order valence-corrected chi connectivity index (χ0v) is 26.4. The Morgan fingerprint density at radius 1 is 0.822 bits per heavy atom. The summed E-state index contributed by atoms with van der Waals surface area (Å²) in [7, 11) is 0. The van der Waals surface area contributed by atoms with Gasteiger partial charge in [0.15, 0.2) is 0 Å². The smallest absolute Gasteiger partial charge is 0.322 e. The van der Waals surface area contributed by atoms with Gasteiger partial charge in [-0.05, 0) is 38.5 Å². The summed E-state index contributed by atoms with van der Waals surface area (Å²) in [4.78, 5) is 57.4. The van der Waals surface area contributed by atoms with Crippen LogP contribution in [0.5, 0.6) is 0 Å². The van der Waals surface area contributed by atoms with Gasteiger partial charge in [0.1, 0.15) is 18.6 Å². The molecule has 12 nitrogen and oxygen atoms in total. The zero-order chi connectivity index (χ0) is 33.9. The maximum Gasteiger partial charge on any atom is 0.322 e. The summed E-state index contributed by atoms with van der Waals surface area (Å²) in [5.41, 5.74) is 5.45. The topological polar surface area (TPSA) is 216 Å². The van der Waals surface area contributed by atoms with Gasteiger partial charge in [0, 0.05) is 23.8 Å². The van der Waals surface area contributed by atoms with Crippen molar-refractivity contribution in [2.45, 2.75) is 81.7 Å². The average Bonchev–Trinajstić information content (AvgIpc) is 2.99. The number of hydrogen-bond donors (Lipinski definition) is 7. The molecule has 0 heterocycles. The van der Waals surface area contributed by atoms with E-state index in [9.17, 15) is 29.1 Å². The van der Waals surface area contributed by atoms with Crippen molar-refractivity contribution in [3.63, 3.8) is 0 Å². The first-order valence-electron chi connectivity index (χ1n) is 14.7. The van der Waals surface area contributed by atoms with E-state index in [-0.39, 0.29) is 25.0 Å². The lowest BCUT2D eigenvalue weighted by atomic mass is 10.1. The second kappa shape index (κ2) is 26.5. The molecule has 0 spiro atoms. The molecular weight excluding hydrogens is 602 g/mol. The third kappa shape index (κ3) is 24.1. The summed E-state index contributed by atoms with van der Waals surface area (Å²) in [5.74, 6) is -4.66. The van der Waals surface area contributed by atoms with Gasteiger partial charge >= 0.3 is 17.9 Å². The molecule has 0 aromatic rings. The van der Waals surface area contributed by atoms with E-state index in [1.807, 2.05) is 61.6 Å². The summed E-state index contributed by atoms with van der Waals surface area (Å²) in [6.45, 7) is 1.32. The van der Waals surface area contributed by atoms with Crippen molar-refractivity contribution in [1.29, 1.82) is 0 Å². The van der Waals surface area contributed by atoms with Crippen LogP contribution in [0.25, 0.3) is 0 Å². The van der Waals surface area contributed by atoms with Gasteiger partial charge in [0.05, 0.1) is 6.10 Å². The predicted molar refractivity (Wildman–Crippen MR) is 176 cm³/mol. The summed E-state index contributed by atoms with van der Waals surface area (Å²) >= 11 is 1.21.